The standard InChI is InChI=1S/C14H25NO2/c1-14(2)7-5-11(6-8-14)13(17)15(9-10-16)12-3-4-12/h11-12,16H,3-10H2,1-2H3. The third kappa shape index (κ3) is 3.21. The van der Waals surface area contributed by atoms with E-state index in [0.29, 0.717) is 23.9 Å². The molecule has 0 bridgehead atoms. The van der Waals surface area contributed by atoms with Crippen LogP contribution in [0.25, 0.3) is 0 Å². The molecular weight excluding hydrogens is 214 g/mol. The summed E-state index contributed by atoms with van der Waals surface area (Å²) in [4.78, 5) is 14.3. The zero-order chi connectivity index (χ0) is 12.5. The Bertz CT molecular complexity index is 274. The number of rotatable bonds is 4. The predicted octanol–water partition coefficient (Wildman–Crippen LogP) is 2.19. The molecular formula is C14H25NO2. The molecule has 0 aromatic heterocycles. The summed E-state index contributed by atoms with van der Waals surface area (Å²) < 4.78 is 0. The fourth-order valence-corrected chi connectivity index (χ4v) is 2.85. The maximum atomic E-state index is 12.4. The Morgan fingerprint density at radius 1 is 1.24 bits per heavy atom. The van der Waals surface area contributed by atoms with Crippen molar-refractivity contribution >= 4 is 5.91 Å². The zero-order valence-corrected chi connectivity index (χ0v) is 11.1. The molecule has 0 aromatic rings. The van der Waals surface area contributed by atoms with Gasteiger partial charge in [-0.05, 0) is 43.9 Å². The molecule has 0 unspecified atom stereocenters. The van der Waals surface area contributed by atoms with Crippen molar-refractivity contribution in [1.82, 2.24) is 4.90 Å². The summed E-state index contributed by atoms with van der Waals surface area (Å²) in [6.07, 6.45) is 6.62. The lowest BCUT2D eigenvalue weighted by molar-refractivity contribution is -0.138. The first-order valence-corrected chi connectivity index (χ1v) is 6.95. The van der Waals surface area contributed by atoms with Crippen LogP contribution in [0.15, 0.2) is 0 Å². The lowest BCUT2D eigenvalue weighted by Crippen LogP contribution is -2.41. The number of carbonyl (C=O) groups is 1. The van der Waals surface area contributed by atoms with Gasteiger partial charge in [0.1, 0.15) is 0 Å². The van der Waals surface area contributed by atoms with E-state index < -0.39 is 0 Å². The van der Waals surface area contributed by atoms with Crippen molar-refractivity contribution in [3.63, 3.8) is 0 Å². The summed E-state index contributed by atoms with van der Waals surface area (Å²) in [5, 5.41) is 9.05. The highest BCUT2D eigenvalue weighted by atomic mass is 16.3. The Kier molecular flexibility index (Phi) is 3.76. The van der Waals surface area contributed by atoms with Crippen molar-refractivity contribution in [2.75, 3.05) is 13.2 Å². The molecule has 0 atom stereocenters. The SMILES string of the molecule is CC1(C)CCC(C(=O)N(CCO)C2CC2)CC1. The van der Waals surface area contributed by atoms with Crippen LogP contribution in [0.5, 0.6) is 0 Å². The van der Waals surface area contributed by atoms with E-state index in [2.05, 4.69) is 13.8 Å². The fourth-order valence-electron chi connectivity index (χ4n) is 2.85. The summed E-state index contributed by atoms with van der Waals surface area (Å²) in [5.74, 6) is 0.521. The fraction of sp³-hybridized carbons (Fsp3) is 0.929. The van der Waals surface area contributed by atoms with Crippen LogP contribution in [0, 0.1) is 11.3 Å². The molecule has 98 valence electrons. The molecule has 2 aliphatic carbocycles. The molecule has 17 heavy (non-hydrogen) atoms. The molecule has 2 saturated carbocycles. The second kappa shape index (κ2) is 4.97. The molecule has 3 nitrogen and oxygen atoms in total. The first-order chi connectivity index (χ1) is 8.03. The second-order valence-electron chi connectivity index (χ2n) is 6.42. The highest BCUT2D eigenvalue weighted by Gasteiger charge is 2.37. The van der Waals surface area contributed by atoms with E-state index >= 15 is 0 Å². The van der Waals surface area contributed by atoms with Crippen LogP contribution in [0.4, 0.5) is 0 Å². The van der Waals surface area contributed by atoms with Crippen LogP contribution in [0.1, 0.15) is 52.4 Å². The lowest BCUT2D eigenvalue weighted by Gasteiger charge is -2.36. The molecule has 2 fully saturated rings. The summed E-state index contributed by atoms with van der Waals surface area (Å²) in [7, 11) is 0. The van der Waals surface area contributed by atoms with E-state index in [1.807, 2.05) is 4.90 Å². The molecule has 0 heterocycles. The molecule has 0 aliphatic heterocycles. The molecule has 0 spiro atoms. The smallest absolute Gasteiger partial charge is 0.226 e. The third-order valence-electron chi connectivity index (χ3n) is 4.30. The van der Waals surface area contributed by atoms with E-state index in [1.165, 1.54) is 0 Å². The molecule has 0 saturated heterocycles. The van der Waals surface area contributed by atoms with Crippen molar-refractivity contribution < 1.29 is 9.90 Å². The van der Waals surface area contributed by atoms with E-state index in [9.17, 15) is 4.79 Å². The maximum Gasteiger partial charge on any atom is 0.226 e. The van der Waals surface area contributed by atoms with Crippen LogP contribution in [-0.4, -0.2) is 35.1 Å². The summed E-state index contributed by atoms with van der Waals surface area (Å²) in [6.45, 7) is 5.21. The highest BCUT2D eigenvalue weighted by Crippen LogP contribution is 2.39. The highest BCUT2D eigenvalue weighted by molar-refractivity contribution is 5.79. The third-order valence-corrected chi connectivity index (χ3v) is 4.30. The van der Waals surface area contributed by atoms with Crippen LogP contribution in [-0.2, 0) is 4.79 Å². The number of nitrogens with zero attached hydrogens (tertiary/aromatic N) is 1. The van der Waals surface area contributed by atoms with Crippen molar-refractivity contribution in [3.05, 3.63) is 0 Å². The van der Waals surface area contributed by atoms with Crippen LogP contribution in [0.2, 0.25) is 0 Å². The van der Waals surface area contributed by atoms with Crippen LogP contribution < -0.4 is 0 Å². The number of hydrogen-bond donors (Lipinski definition) is 1. The Morgan fingerprint density at radius 3 is 2.29 bits per heavy atom. The van der Waals surface area contributed by atoms with E-state index in [1.54, 1.807) is 0 Å². The quantitative estimate of drug-likeness (QED) is 0.817. The van der Waals surface area contributed by atoms with Gasteiger partial charge in [-0.3, -0.25) is 4.79 Å². The van der Waals surface area contributed by atoms with Crippen LogP contribution >= 0.6 is 0 Å². The predicted molar refractivity (Wildman–Crippen MR) is 67.6 cm³/mol. The van der Waals surface area contributed by atoms with Crippen molar-refractivity contribution in [2.24, 2.45) is 11.3 Å². The summed E-state index contributed by atoms with van der Waals surface area (Å²) in [5.41, 5.74) is 0.415. The monoisotopic (exact) mass is 239 g/mol. The Labute approximate surface area is 104 Å². The van der Waals surface area contributed by atoms with Gasteiger partial charge in [0, 0.05) is 18.5 Å². The Hall–Kier alpha value is -0.570. The van der Waals surface area contributed by atoms with Crippen LogP contribution in [0.3, 0.4) is 0 Å². The van der Waals surface area contributed by atoms with E-state index in [4.69, 9.17) is 5.11 Å². The molecule has 0 aromatic carbocycles. The molecule has 2 rings (SSSR count). The van der Waals surface area contributed by atoms with Crippen molar-refractivity contribution in [1.29, 1.82) is 0 Å². The van der Waals surface area contributed by atoms with Gasteiger partial charge in [0.25, 0.3) is 0 Å². The molecule has 1 N–H and O–H groups in total. The van der Waals surface area contributed by atoms with Gasteiger partial charge in [0.05, 0.1) is 6.61 Å². The van der Waals surface area contributed by atoms with Gasteiger partial charge >= 0.3 is 0 Å². The molecule has 1 amide bonds. The number of carbonyl (C=O) groups excluding carboxylic acids is 1. The normalized spacial score (nSPS) is 24.6. The van der Waals surface area contributed by atoms with Crippen molar-refractivity contribution in [2.45, 2.75) is 58.4 Å². The summed E-state index contributed by atoms with van der Waals surface area (Å²) in [6, 6.07) is 0.435. The zero-order valence-electron chi connectivity index (χ0n) is 11.1. The molecule has 2 aliphatic rings. The lowest BCUT2D eigenvalue weighted by atomic mass is 9.73. The Balaban J connectivity index is 1.90. The minimum atomic E-state index is 0.0977. The number of amides is 1. The summed E-state index contributed by atoms with van der Waals surface area (Å²) >= 11 is 0. The van der Waals surface area contributed by atoms with Gasteiger partial charge in [-0.25, -0.2) is 0 Å². The molecule has 0 radical (unpaired) electrons. The minimum absolute atomic E-state index is 0.0977. The average molecular weight is 239 g/mol. The largest absolute Gasteiger partial charge is 0.395 e. The van der Waals surface area contributed by atoms with Gasteiger partial charge in [-0.2, -0.15) is 0 Å². The van der Waals surface area contributed by atoms with E-state index in [0.717, 1.165) is 38.5 Å². The first-order valence-electron chi connectivity index (χ1n) is 6.95. The number of hydrogen-bond acceptors (Lipinski definition) is 2. The molecule has 3 heteroatoms. The second-order valence-corrected chi connectivity index (χ2v) is 6.42. The average Bonchev–Trinajstić information content (AvgIpc) is 3.09. The maximum absolute atomic E-state index is 12.4. The first kappa shape index (κ1) is 12.9. The van der Waals surface area contributed by atoms with Gasteiger partial charge < -0.3 is 10.0 Å². The minimum Gasteiger partial charge on any atom is -0.395 e. The van der Waals surface area contributed by atoms with E-state index in [-0.39, 0.29) is 12.5 Å². The van der Waals surface area contributed by atoms with Gasteiger partial charge in [0.15, 0.2) is 0 Å². The van der Waals surface area contributed by atoms with Gasteiger partial charge in [0.2, 0.25) is 5.91 Å². The topological polar surface area (TPSA) is 40.5 Å². The Morgan fingerprint density at radius 2 is 1.82 bits per heavy atom. The van der Waals surface area contributed by atoms with Gasteiger partial charge in [-0.1, -0.05) is 13.8 Å². The number of aliphatic hydroxyl groups excluding tert-OH is 1. The number of aliphatic hydroxyl groups is 1. The van der Waals surface area contributed by atoms with Crippen molar-refractivity contribution in [3.8, 4) is 0 Å². The van der Waals surface area contributed by atoms with Gasteiger partial charge in [-0.15, -0.1) is 0 Å².